The lowest BCUT2D eigenvalue weighted by molar-refractivity contribution is -0.134. The molecule has 0 radical (unpaired) electrons. The molecule has 2 bridgehead atoms. The van der Waals surface area contributed by atoms with Gasteiger partial charge >= 0.3 is 0 Å². The minimum Gasteiger partial charge on any atom is -0.299 e. The van der Waals surface area contributed by atoms with E-state index in [2.05, 4.69) is 0 Å². The van der Waals surface area contributed by atoms with Crippen molar-refractivity contribution >= 4 is 23.3 Å². The largest absolute Gasteiger partial charge is 0.299 e. The molecule has 25 heavy (non-hydrogen) atoms. The molecule has 1 heterocycles. The van der Waals surface area contributed by atoms with Gasteiger partial charge in [0.25, 0.3) is 0 Å². The molecule has 3 aliphatic carbocycles. The van der Waals surface area contributed by atoms with Crippen LogP contribution in [0.15, 0.2) is 48.5 Å². The molecule has 0 unspecified atom stereocenters. The Morgan fingerprint density at radius 3 is 2.20 bits per heavy atom. The average molecular weight is 335 g/mol. The van der Waals surface area contributed by atoms with Crippen molar-refractivity contribution in [2.24, 2.45) is 11.8 Å². The first-order valence-electron chi connectivity index (χ1n) is 8.33. The molecule has 4 atom stereocenters. The number of benzene rings is 2. The molecular formula is C20H14FNO3. The van der Waals surface area contributed by atoms with Gasteiger partial charge in [-0.05, 0) is 35.4 Å². The van der Waals surface area contributed by atoms with Gasteiger partial charge in [0.1, 0.15) is 11.6 Å². The van der Waals surface area contributed by atoms with Gasteiger partial charge in [0.15, 0.2) is 0 Å². The number of hydrogen-bond acceptors (Lipinski definition) is 3. The monoisotopic (exact) mass is 335 g/mol. The predicted molar refractivity (Wildman–Crippen MR) is 87.4 cm³/mol. The second-order valence-corrected chi connectivity index (χ2v) is 6.92. The minimum absolute atomic E-state index is 0.0343. The predicted octanol–water partition coefficient (Wildman–Crippen LogP) is 2.79. The summed E-state index contributed by atoms with van der Waals surface area (Å²) in [5, 5.41) is 0. The first kappa shape index (κ1) is 14.5. The lowest BCUT2D eigenvalue weighted by atomic mass is 9.56. The summed E-state index contributed by atoms with van der Waals surface area (Å²) >= 11 is 0. The second kappa shape index (κ2) is 4.85. The third-order valence-electron chi connectivity index (χ3n) is 5.77. The molecule has 4 nitrogen and oxygen atoms in total. The van der Waals surface area contributed by atoms with Crippen molar-refractivity contribution in [2.45, 2.75) is 18.3 Å². The van der Waals surface area contributed by atoms with Gasteiger partial charge in [-0.15, -0.1) is 0 Å². The Kier molecular flexibility index (Phi) is 2.82. The minimum atomic E-state index is -0.640. The van der Waals surface area contributed by atoms with E-state index in [1.165, 1.54) is 24.3 Å². The van der Waals surface area contributed by atoms with Gasteiger partial charge in [-0.1, -0.05) is 24.3 Å². The molecule has 1 saturated heterocycles. The van der Waals surface area contributed by atoms with E-state index in [0.717, 1.165) is 16.0 Å². The number of imide groups is 1. The average Bonchev–Trinajstić information content (AvgIpc) is 2.88. The van der Waals surface area contributed by atoms with Crippen molar-refractivity contribution in [1.29, 1.82) is 0 Å². The number of Topliss-reactive ketones (excluding diaryl/α,β-unsaturated/α-hetero) is 1. The fraction of sp³-hybridized carbons (Fsp3) is 0.250. The molecular weight excluding hydrogens is 321 g/mol. The fourth-order valence-electron chi connectivity index (χ4n) is 4.80. The highest BCUT2D eigenvalue weighted by molar-refractivity contribution is 6.24. The molecule has 2 amide bonds. The summed E-state index contributed by atoms with van der Waals surface area (Å²) in [4.78, 5) is 39.8. The van der Waals surface area contributed by atoms with Gasteiger partial charge in [-0.25, -0.2) is 4.39 Å². The van der Waals surface area contributed by atoms with Gasteiger partial charge in [-0.2, -0.15) is 0 Å². The SMILES string of the molecule is O=C1C[C@H]2c3ccccc3[C@@H]1[C@@H]1C(=O)N(c3ccc(F)cc3)C(=O)[C@@H]12. The van der Waals surface area contributed by atoms with Gasteiger partial charge in [-0.3, -0.25) is 19.3 Å². The normalized spacial score (nSPS) is 29.8. The molecule has 0 N–H and O–H groups in total. The summed E-state index contributed by atoms with van der Waals surface area (Å²) in [6.45, 7) is 0. The smallest absolute Gasteiger partial charge is 0.238 e. The van der Waals surface area contributed by atoms with Gasteiger partial charge in [0, 0.05) is 12.3 Å². The molecule has 2 aromatic carbocycles. The molecule has 0 spiro atoms. The van der Waals surface area contributed by atoms with Crippen LogP contribution in [0.3, 0.4) is 0 Å². The highest BCUT2D eigenvalue weighted by atomic mass is 19.1. The molecule has 2 aromatic rings. The van der Waals surface area contributed by atoms with Crippen molar-refractivity contribution < 1.29 is 18.8 Å². The van der Waals surface area contributed by atoms with Crippen molar-refractivity contribution in [3.8, 4) is 0 Å². The maximum Gasteiger partial charge on any atom is 0.238 e. The zero-order valence-electron chi connectivity index (χ0n) is 13.2. The highest BCUT2D eigenvalue weighted by Crippen LogP contribution is 2.57. The van der Waals surface area contributed by atoms with E-state index >= 15 is 0 Å². The fourth-order valence-corrected chi connectivity index (χ4v) is 4.80. The Bertz CT molecular complexity index is 936. The van der Waals surface area contributed by atoms with Crippen molar-refractivity contribution in [3.05, 3.63) is 65.5 Å². The summed E-state index contributed by atoms with van der Waals surface area (Å²) in [6, 6.07) is 12.9. The van der Waals surface area contributed by atoms with Gasteiger partial charge in [0.05, 0.1) is 23.4 Å². The van der Waals surface area contributed by atoms with Crippen molar-refractivity contribution in [2.75, 3.05) is 4.90 Å². The van der Waals surface area contributed by atoms with Crippen LogP contribution in [0.5, 0.6) is 0 Å². The molecule has 0 aromatic heterocycles. The van der Waals surface area contributed by atoms with E-state index in [4.69, 9.17) is 0 Å². The standard InChI is InChI=1S/C20H14FNO3/c21-10-5-7-11(8-6-10)22-19(24)17-14-9-15(23)16(18(17)20(22)25)13-4-2-1-3-12(13)14/h1-8,14,16-18H,9H2/t14-,16-,17+,18-/m0/s1. The van der Waals surface area contributed by atoms with Crippen LogP contribution in [0.2, 0.25) is 0 Å². The molecule has 5 heteroatoms. The Hall–Kier alpha value is -2.82. The summed E-state index contributed by atoms with van der Waals surface area (Å²) in [7, 11) is 0. The number of rotatable bonds is 1. The van der Waals surface area contributed by atoms with Crippen LogP contribution in [0.4, 0.5) is 10.1 Å². The maximum atomic E-state index is 13.2. The van der Waals surface area contributed by atoms with E-state index < -0.39 is 23.6 Å². The van der Waals surface area contributed by atoms with Gasteiger partial charge in [0.2, 0.25) is 11.8 Å². The zero-order chi connectivity index (χ0) is 17.3. The van der Waals surface area contributed by atoms with E-state index in [1.807, 2.05) is 24.3 Å². The van der Waals surface area contributed by atoms with Crippen LogP contribution in [0, 0.1) is 17.7 Å². The lowest BCUT2D eigenvalue weighted by Crippen LogP contribution is -2.44. The third kappa shape index (κ3) is 1.78. The Morgan fingerprint density at radius 2 is 1.48 bits per heavy atom. The lowest BCUT2D eigenvalue weighted by Gasteiger charge is -2.43. The third-order valence-corrected chi connectivity index (χ3v) is 5.77. The van der Waals surface area contributed by atoms with Crippen LogP contribution in [0.1, 0.15) is 29.4 Å². The van der Waals surface area contributed by atoms with E-state index in [-0.39, 0.29) is 23.5 Å². The first-order valence-corrected chi connectivity index (χ1v) is 8.33. The number of fused-ring (bicyclic) bond motifs is 1. The summed E-state index contributed by atoms with van der Waals surface area (Å²) in [5.41, 5.74) is 2.25. The topological polar surface area (TPSA) is 54.5 Å². The van der Waals surface area contributed by atoms with Crippen LogP contribution in [-0.4, -0.2) is 17.6 Å². The molecule has 1 saturated carbocycles. The van der Waals surface area contributed by atoms with Crippen LogP contribution < -0.4 is 4.90 Å². The van der Waals surface area contributed by atoms with E-state index in [0.29, 0.717) is 12.1 Å². The van der Waals surface area contributed by atoms with E-state index in [9.17, 15) is 18.8 Å². The number of carbonyl (C=O) groups is 3. The zero-order valence-corrected chi connectivity index (χ0v) is 13.2. The molecule has 6 rings (SSSR count). The number of amides is 2. The summed E-state index contributed by atoms with van der Waals surface area (Å²) in [6.07, 6.45) is 0.305. The Labute approximate surface area is 143 Å². The number of carbonyl (C=O) groups excluding carboxylic acids is 3. The molecule has 4 aliphatic rings. The Balaban J connectivity index is 1.65. The number of ketones is 1. The number of hydrogen-bond donors (Lipinski definition) is 0. The summed E-state index contributed by atoms with van der Waals surface area (Å²) < 4.78 is 13.2. The van der Waals surface area contributed by atoms with Crippen molar-refractivity contribution in [1.82, 2.24) is 0 Å². The maximum absolute atomic E-state index is 13.2. The highest BCUT2D eigenvalue weighted by Gasteiger charge is 2.62. The Morgan fingerprint density at radius 1 is 0.840 bits per heavy atom. The first-order chi connectivity index (χ1) is 12.1. The van der Waals surface area contributed by atoms with Crippen LogP contribution >= 0.6 is 0 Å². The number of anilines is 1. The number of nitrogens with zero attached hydrogens (tertiary/aromatic N) is 1. The van der Waals surface area contributed by atoms with Crippen LogP contribution in [-0.2, 0) is 14.4 Å². The summed E-state index contributed by atoms with van der Waals surface area (Å²) in [5.74, 6) is -2.96. The quantitative estimate of drug-likeness (QED) is 0.753. The molecule has 124 valence electrons. The number of halogens is 1. The van der Waals surface area contributed by atoms with Gasteiger partial charge < -0.3 is 0 Å². The molecule has 2 fully saturated rings. The van der Waals surface area contributed by atoms with Crippen LogP contribution in [0.25, 0.3) is 0 Å². The van der Waals surface area contributed by atoms with E-state index in [1.54, 1.807) is 0 Å². The molecule has 1 aliphatic heterocycles. The second-order valence-electron chi connectivity index (χ2n) is 6.92. The van der Waals surface area contributed by atoms with Crippen molar-refractivity contribution in [3.63, 3.8) is 0 Å².